The first-order valence-corrected chi connectivity index (χ1v) is 4.49. The highest BCUT2D eigenvalue weighted by molar-refractivity contribution is 5.92. The average Bonchev–Trinajstić information content (AvgIpc) is 2.64. The number of nitrogens with zero attached hydrogens (tertiary/aromatic N) is 2. The van der Waals surface area contributed by atoms with E-state index in [9.17, 15) is 4.79 Å². The number of aliphatic hydroxyl groups excluding tert-OH is 1. The van der Waals surface area contributed by atoms with Crippen LogP contribution in [0.5, 0.6) is 0 Å². The molecule has 0 fully saturated rings. The van der Waals surface area contributed by atoms with Crippen LogP contribution < -0.4 is 5.48 Å². The van der Waals surface area contributed by atoms with Gasteiger partial charge >= 0.3 is 0 Å². The Bertz CT molecular complexity index is 323. The molecule has 0 spiro atoms. The molecule has 84 valence electrons. The number of hydrogen-bond donors (Lipinski definition) is 2. The zero-order valence-electron chi connectivity index (χ0n) is 8.56. The summed E-state index contributed by atoms with van der Waals surface area (Å²) in [6.07, 6.45) is 0. The molecule has 0 atom stereocenters. The van der Waals surface area contributed by atoms with E-state index < -0.39 is 12.5 Å². The Morgan fingerprint density at radius 3 is 2.93 bits per heavy atom. The standard InChI is InChI=1S/C8H13N3O4/c1-5(2)4-14-11-8(13)7-6(3-12)9-15-10-7/h5,12H,3-4H2,1-2H3,(H,11,13). The van der Waals surface area contributed by atoms with Gasteiger partial charge in [0.25, 0.3) is 5.91 Å². The Hall–Kier alpha value is -1.47. The lowest BCUT2D eigenvalue weighted by molar-refractivity contribution is 0.0200. The highest BCUT2D eigenvalue weighted by Gasteiger charge is 2.17. The van der Waals surface area contributed by atoms with E-state index in [-0.39, 0.29) is 11.4 Å². The number of carbonyl (C=O) groups is 1. The van der Waals surface area contributed by atoms with Gasteiger partial charge in [-0.15, -0.1) is 0 Å². The van der Waals surface area contributed by atoms with Crippen molar-refractivity contribution < 1.29 is 19.4 Å². The summed E-state index contributed by atoms with van der Waals surface area (Å²) in [5.41, 5.74) is 2.19. The molecule has 0 unspecified atom stereocenters. The number of hydroxylamine groups is 1. The molecular formula is C8H13N3O4. The minimum Gasteiger partial charge on any atom is -0.390 e. The SMILES string of the molecule is CC(C)CONC(=O)c1nonc1CO. The zero-order chi connectivity index (χ0) is 11.3. The monoisotopic (exact) mass is 215 g/mol. The largest absolute Gasteiger partial charge is 0.390 e. The fraction of sp³-hybridized carbons (Fsp3) is 0.625. The van der Waals surface area contributed by atoms with Crippen LogP contribution in [0.15, 0.2) is 4.63 Å². The van der Waals surface area contributed by atoms with E-state index >= 15 is 0 Å². The van der Waals surface area contributed by atoms with Crippen molar-refractivity contribution in [2.75, 3.05) is 6.61 Å². The number of rotatable bonds is 5. The van der Waals surface area contributed by atoms with Crippen LogP contribution in [0.4, 0.5) is 0 Å². The van der Waals surface area contributed by atoms with Crippen molar-refractivity contribution in [3.63, 3.8) is 0 Å². The van der Waals surface area contributed by atoms with E-state index in [2.05, 4.69) is 20.4 Å². The quantitative estimate of drug-likeness (QED) is 0.664. The number of amides is 1. The van der Waals surface area contributed by atoms with Gasteiger partial charge in [-0.05, 0) is 11.1 Å². The molecule has 15 heavy (non-hydrogen) atoms. The number of nitrogens with one attached hydrogen (secondary N) is 1. The van der Waals surface area contributed by atoms with Crippen LogP contribution in [0.3, 0.4) is 0 Å². The predicted molar refractivity (Wildman–Crippen MR) is 48.5 cm³/mol. The summed E-state index contributed by atoms with van der Waals surface area (Å²) in [4.78, 5) is 16.2. The first kappa shape index (κ1) is 11.6. The molecule has 1 heterocycles. The van der Waals surface area contributed by atoms with Gasteiger partial charge in [-0.2, -0.15) is 0 Å². The van der Waals surface area contributed by atoms with Gasteiger partial charge in [0.05, 0.1) is 13.2 Å². The molecule has 0 saturated carbocycles. The first-order chi connectivity index (χ1) is 7.15. The molecule has 0 aliphatic rings. The summed E-state index contributed by atoms with van der Waals surface area (Å²) >= 11 is 0. The van der Waals surface area contributed by atoms with Gasteiger partial charge in [-0.25, -0.2) is 10.1 Å². The van der Waals surface area contributed by atoms with Gasteiger partial charge in [0, 0.05) is 0 Å². The summed E-state index contributed by atoms with van der Waals surface area (Å²) in [5, 5.41) is 15.5. The molecule has 0 radical (unpaired) electrons. The average molecular weight is 215 g/mol. The number of hydrogen-bond acceptors (Lipinski definition) is 6. The van der Waals surface area contributed by atoms with Crippen LogP contribution in [-0.2, 0) is 11.4 Å². The van der Waals surface area contributed by atoms with E-state index in [1.807, 2.05) is 13.8 Å². The van der Waals surface area contributed by atoms with Gasteiger partial charge in [0.1, 0.15) is 5.69 Å². The van der Waals surface area contributed by atoms with Crippen molar-refractivity contribution in [2.24, 2.45) is 5.92 Å². The molecule has 2 N–H and O–H groups in total. The summed E-state index contributed by atoms with van der Waals surface area (Å²) in [7, 11) is 0. The van der Waals surface area contributed by atoms with Gasteiger partial charge in [-0.1, -0.05) is 19.0 Å². The van der Waals surface area contributed by atoms with E-state index in [0.717, 1.165) is 0 Å². The molecule has 7 heteroatoms. The summed E-state index contributed by atoms with van der Waals surface area (Å²) in [6.45, 7) is 3.88. The molecule has 0 aliphatic heterocycles. The summed E-state index contributed by atoms with van der Waals surface area (Å²) in [5.74, 6) is -0.279. The van der Waals surface area contributed by atoms with E-state index in [1.54, 1.807) is 0 Å². The van der Waals surface area contributed by atoms with Crippen molar-refractivity contribution in [1.82, 2.24) is 15.8 Å². The predicted octanol–water partition coefficient (Wildman–Crippen LogP) is -0.121. The van der Waals surface area contributed by atoms with Crippen molar-refractivity contribution in [1.29, 1.82) is 0 Å². The fourth-order valence-corrected chi connectivity index (χ4v) is 0.805. The Balaban J connectivity index is 2.47. The maximum absolute atomic E-state index is 11.4. The molecule has 1 rings (SSSR count). The van der Waals surface area contributed by atoms with E-state index in [4.69, 9.17) is 9.94 Å². The molecule has 1 aromatic heterocycles. The van der Waals surface area contributed by atoms with Crippen LogP contribution >= 0.6 is 0 Å². The molecule has 0 bridgehead atoms. The lowest BCUT2D eigenvalue weighted by Crippen LogP contribution is -2.26. The Kier molecular flexibility index (Phi) is 4.19. The highest BCUT2D eigenvalue weighted by atomic mass is 16.7. The number of carbonyl (C=O) groups excluding carboxylic acids is 1. The van der Waals surface area contributed by atoms with E-state index in [1.165, 1.54) is 0 Å². The minimum absolute atomic E-state index is 0.0683. The van der Waals surface area contributed by atoms with E-state index in [0.29, 0.717) is 12.5 Å². The van der Waals surface area contributed by atoms with Gasteiger partial charge in [-0.3, -0.25) is 9.63 Å². The lowest BCUT2D eigenvalue weighted by atomic mass is 10.2. The zero-order valence-corrected chi connectivity index (χ0v) is 8.56. The fourth-order valence-electron chi connectivity index (χ4n) is 0.805. The van der Waals surface area contributed by atoms with Crippen LogP contribution in [0, 0.1) is 5.92 Å². The maximum atomic E-state index is 11.4. The Labute approximate surface area is 86.3 Å². The summed E-state index contributed by atoms with van der Waals surface area (Å²) in [6, 6.07) is 0. The first-order valence-electron chi connectivity index (χ1n) is 4.49. The third-order valence-corrected chi connectivity index (χ3v) is 1.50. The third-order valence-electron chi connectivity index (χ3n) is 1.50. The van der Waals surface area contributed by atoms with Crippen LogP contribution in [-0.4, -0.2) is 27.9 Å². The Morgan fingerprint density at radius 2 is 2.33 bits per heavy atom. The molecule has 1 aromatic rings. The topological polar surface area (TPSA) is 97.5 Å². The lowest BCUT2D eigenvalue weighted by Gasteiger charge is -2.05. The van der Waals surface area contributed by atoms with Gasteiger partial charge in [0.15, 0.2) is 5.69 Å². The third kappa shape index (κ3) is 3.30. The number of aromatic nitrogens is 2. The molecule has 0 aromatic carbocycles. The molecule has 0 aliphatic carbocycles. The minimum atomic E-state index is -0.582. The van der Waals surface area contributed by atoms with Crippen molar-refractivity contribution >= 4 is 5.91 Å². The summed E-state index contributed by atoms with van der Waals surface area (Å²) < 4.78 is 4.31. The van der Waals surface area contributed by atoms with Crippen molar-refractivity contribution in [3.05, 3.63) is 11.4 Å². The molecule has 1 amide bonds. The second-order valence-corrected chi connectivity index (χ2v) is 3.35. The smallest absolute Gasteiger partial charge is 0.299 e. The van der Waals surface area contributed by atoms with Crippen LogP contribution in [0.2, 0.25) is 0 Å². The van der Waals surface area contributed by atoms with Crippen molar-refractivity contribution in [2.45, 2.75) is 20.5 Å². The van der Waals surface area contributed by atoms with Gasteiger partial charge in [0.2, 0.25) is 0 Å². The second kappa shape index (κ2) is 5.42. The van der Waals surface area contributed by atoms with Crippen LogP contribution in [0.1, 0.15) is 30.0 Å². The maximum Gasteiger partial charge on any atom is 0.299 e. The highest BCUT2D eigenvalue weighted by Crippen LogP contribution is 2.02. The normalized spacial score (nSPS) is 10.7. The number of aliphatic hydroxyl groups is 1. The Morgan fingerprint density at radius 1 is 1.60 bits per heavy atom. The molecular weight excluding hydrogens is 202 g/mol. The van der Waals surface area contributed by atoms with Crippen molar-refractivity contribution in [3.8, 4) is 0 Å². The van der Waals surface area contributed by atoms with Gasteiger partial charge < -0.3 is 5.11 Å². The molecule has 0 saturated heterocycles. The second-order valence-electron chi connectivity index (χ2n) is 3.35. The molecule has 7 nitrogen and oxygen atoms in total. The van der Waals surface area contributed by atoms with Crippen LogP contribution in [0.25, 0.3) is 0 Å².